The fourth-order valence-corrected chi connectivity index (χ4v) is 5.32. The summed E-state index contributed by atoms with van der Waals surface area (Å²) in [7, 11) is -3.65. The van der Waals surface area contributed by atoms with Gasteiger partial charge in [0.1, 0.15) is 13.2 Å². The second kappa shape index (κ2) is 7.19. The number of ether oxygens (including phenoxy) is 3. The van der Waals surface area contributed by atoms with Crippen molar-refractivity contribution in [3.8, 4) is 11.5 Å². The zero-order valence-electron chi connectivity index (χ0n) is 14.3. The van der Waals surface area contributed by atoms with Gasteiger partial charge in [-0.15, -0.1) is 0 Å². The van der Waals surface area contributed by atoms with E-state index in [-0.39, 0.29) is 10.3 Å². The Morgan fingerprint density at radius 1 is 1.04 bits per heavy atom. The molecule has 0 amide bonds. The summed E-state index contributed by atoms with van der Waals surface area (Å²) in [5.74, 6) is 1.05. The minimum atomic E-state index is -3.65. The summed E-state index contributed by atoms with van der Waals surface area (Å²) in [6, 6.07) is 6.80. The van der Waals surface area contributed by atoms with Gasteiger partial charge in [-0.3, -0.25) is 0 Å². The van der Waals surface area contributed by atoms with Crippen LogP contribution in [-0.4, -0.2) is 41.4 Å². The highest BCUT2D eigenvalue weighted by molar-refractivity contribution is 7.89. The molecule has 2 aliphatic rings. The molecule has 26 heavy (non-hydrogen) atoms. The first-order valence-corrected chi connectivity index (χ1v) is 11.0. The van der Waals surface area contributed by atoms with E-state index in [0.29, 0.717) is 44.5 Å². The molecule has 1 aromatic heterocycles. The van der Waals surface area contributed by atoms with Crippen molar-refractivity contribution in [2.45, 2.75) is 23.2 Å². The Bertz CT molecular complexity index is 858. The van der Waals surface area contributed by atoms with Crippen molar-refractivity contribution in [2.24, 2.45) is 0 Å². The van der Waals surface area contributed by atoms with Gasteiger partial charge in [-0.25, -0.2) is 13.1 Å². The SMILES string of the molecule is O=S(=O)(NCC1(c2ccsc2)CCOCC1)c1ccc2c(c1)OCCO2. The summed E-state index contributed by atoms with van der Waals surface area (Å²) in [4.78, 5) is 0.189. The van der Waals surface area contributed by atoms with Crippen molar-refractivity contribution >= 4 is 21.4 Å². The number of nitrogens with one attached hydrogen (secondary N) is 1. The lowest BCUT2D eigenvalue weighted by molar-refractivity contribution is 0.0518. The number of benzene rings is 1. The smallest absolute Gasteiger partial charge is 0.240 e. The molecule has 3 heterocycles. The van der Waals surface area contributed by atoms with Crippen LogP contribution in [-0.2, 0) is 20.2 Å². The van der Waals surface area contributed by atoms with Crippen molar-refractivity contribution < 1.29 is 22.6 Å². The summed E-state index contributed by atoms with van der Waals surface area (Å²) < 4.78 is 44.9. The second-order valence-electron chi connectivity index (χ2n) is 6.53. The van der Waals surface area contributed by atoms with Crippen LogP contribution in [0.25, 0.3) is 0 Å². The molecule has 1 N–H and O–H groups in total. The summed E-state index contributed by atoms with van der Waals surface area (Å²) in [6.07, 6.45) is 1.60. The maximum Gasteiger partial charge on any atom is 0.240 e. The Morgan fingerprint density at radius 3 is 2.54 bits per heavy atom. The number of fused-ring (bicyclic) bond motifs is 1. The number of rotatable bonds is 5. The zero-order valence-corrected chi connectivity index (χ0v) is 15.9. The molecule has 0 radical (unpaired) electrons. The fraction of sp³-hybridized carbons (Fsp3) is 0.444. The van der Waals surface area contributed by atoms with Crippen LogP contribution in [0.3, 0.4) is 0 Å². The molecular weight excluding hydrogens is 374 g/mol. The van der Waals surface area contributed by atoms with Crippen LogP contribution in [0, 0.1) is 0 Å². The molecule has 0 aliphatic carbocycles. The molecule has 0 atom stereocenters. The quantitative estimate of drug-likeness (QED) is 0.842. The van der Waals surface area contributed by atoms with E-state index >= 15 is 0 Å². The van der Waals surface area contributed by atoms with Gasteiger partial charge in [0, 0.05) is 31.2 Å². The molecule has 1 saturated heterocycles. The molecule has 6 nitrogen and oxygen atoms in total. The third-order valence-electron chi connectivity index (χ3n) is 5.01. The Hall–Kier alpha value is -1.61. The van der Waals surface area contributed by atoms with E-state index in [1.807, 2.05) is 5.38 Å². The van der Waals surface area contributed by atoms with Crippen LogP contribution in [0.2, 0.25) is 0 Å². The van der Waals surface area contributed by atoms with Crippen LogP contribution in [0.1, 0.15) is 18.4 Å². The van der Waals surface area contributed by atoms with Crippen LogP contribution < -0.4 is 14.2 Å². The number of hydrogen-bond acceptors (Lipinski definition) is 6. The first-order chi connectivity index (χ1) is 12.6. The number of sulfonamides is 1. The molecule has 4 rings (SSSR count). The van der Waals surface area contributed by atoms with Crippen molar-refractivity contribution in [2.75, 3.05) is 33.0 Å². The van der Waals surface area contributed by atoms with Crippen LogP contribution in [0.15, 0.2) is 39.9 Å². The standard InChI is InChI=1S/C18H21NO5S2/c20-26(21,15-1-2-16-17(11-15)24-9-8-23-16)19-13-18(4-6-22-7-5-18)14-3-10-25-12-14/h1-3,10-12,19H,4-9,13H2. The van der Waals surface area contributed by atoms with Gasteiger partial charge in [0.25, 0.3) is 0 Å². The summed E-state index contributed by atoms with van der Waals surface area (Å²) in [5, 5.41) is 4.13. The van der Waals surface area contributed by atoms with Gasteiger partial charge < -0.3 is 14.2 Å². The third kappa shape index (κ3) is 3.46. The normalized spacial score (nSPS) is 19.2. The van der Waals surface area contributed by atoms with E-state index in [1.165, 1.54) is 11.6 Å². The Balaban J connectivity index is 1.55. The zero-order chi connectivity index (χ0) is 18.0. The van der Waals surface area contributed by atoms with Crippen molar-refractivity contribution in [3.05, 3.63) is 40.6 Å². The molecule has 8 heteroatoms. The predicted octanol–water partition coefficient (Wildman–Crippen LogP) is 2.55. The minimum absolute atomic E-state index is 0.189. The highest BCUT2D eigenvalue weighted by Gasteiger charge is 2.36. The van der Waals surface area contributed by atoms with Gasteiger partial charge in [0.15, 0.2) is 11.5 Å². The van der Waals surface area contributed by atoms with E-state index in [2.05, 4.69) is 16.2 Å². The van der Waals surface area contributed by atoms with E-state index in [9.17, 15) is 8.42 Å². The lowest BCUT2D eigenvalue weighted by Gasteiger charge is -2.37. The molecule has 0 spiro atoms. The molecule has 2 aliphatic heterocycles. The largest absolute Gasteiger partial charge is 0.486 e. The third-order valence-corrected chi connectivity index (χ3v) is 7.09. The summed E-state index contributed by atoms with van der Waals surface area (Å²) in [6.45, 7) is 2.53. The maximum atomic E-state index is 12.8. The Kier molecular flexibility index (Phi) is 4.92. The number of hydrogen-bond donors (Lipinski definition) is 1. The monoisotopic (exact) mass is 395 g/mol. The van der Waals surface area contributed by atoms with Gasteiger partial charge in [-0.2, -0.15) is 11.3 Å². The molecule has 1 fully saturated rings. The average molecular weight is 396 g/mol. The molecule has 0 saturated carbocycles. The van der Waals surface area contributed by atoms with Gasteiger partial charge in [0.2, 0.25) is 10.0 Å². The van der Waals surface area contributed by atoms with E-state index < -0.39 is 10.0 Å². The molecule has 0 unspecified atom stereocenters. The summed E-state index contributed by atoms with van der Waals surface area (Å²) >= 11 is 1.63. The molecule has 140 valence electrons. The van der Waals surface area contributed by atoms with Gasteiger partial charge in [-0.1, -0.05) is 0 Å². The van der Waals surface area contributed by atoms with E-state index in [1.54, 1.807) is 23.5 Å². The van der Waals surface area contributed by atoms with Crippen molar-refractivity contribution in [1.29, 1.82) is 0 Å². The Labute approximate surface area is 157 Å². The maximum absolute atomic E-state index is 12.8. The Morgan fingerprint density at radius 2 is 1.81 bits per heavy atom. The first-order valence-electron chi connectivity index (χ1n) is 8.59. The van der Waals surface area contributed by atoms with Gasteiger partial charge in [-0.05, 0) is 47.4 Å². The van der Waals surface area contributed by atoms with Gasteiger partial charge in [0.05, 0.1) is 4.90 Å². The fourth-order valence-electron chi connectivity index (χ4n) is 3.40. The van der Waals surface area contributed by atoms with Crippen LogP contribution >= 0.6 is 11.3 Å². The highest BCUT2D eigenvalue weighted by Crippen LogP contribution is 2.36. The van der Waals surface area contributed by atoms with E-state index in [4.69, 9.17) is 14.2 Å². The summed E-state index contributed by atoms with van der Waals surface area (Å²) in [5.41, 5.74) is 0.953. The molecular formula is C18H21NO5S2. The highest BCUT2D eigenvalue weighted by atomic mass is 32.2. The van der Waals surface area contributed by atoms with Crippen molar-refractivity contribution in [1.82, 2.24) is 4.72 Å². The lowest BCUT2D eigenvalue weighted by atomic mass is 9.75. The van der Waals surface area contributed by atoms with Crippen LogP contribution in [0.4, 0.5) is 0 Å². The average Bonchev–Trinajstić information content (AvgIpc) is 3.22. The molecule has 1 aromatic carbocycles. The molecule has 0 bridgehead atoms. The minimum Gasteiger partial charge on any atom is -0.486 e. The molecule has 2 aromatic rings. The predicted molar refractivity (Wildman–Crippen MR) is 98.7 cm³/mol. The van der Waals surface area contributed by atoms with Crippen LogP contribution in [0.5, 0.6) is 11.5 Å². The lowest BCUT2D eigenvalue weighted by Crippen LogP contribution is -2.44. The van der Waals surface area contributed by atoms with E-state index in [0.717, 1.165) is 12.8 Å². The van der Waals surface area contributed by atoms with Crippen molar-refractivity contribution in [3.63, 3.8) is 0 Å². The topological polar surface area (TPSA) is 73.9 Å². The van der Waals surface area contributed by atoms with Gasteiger partial charge >= 0.3 is 0 Å². The number of thiophene rings is 1. The second-order valence-corrected chi connectivity index (χ2v) is 9.08. The first kappa shape index (κ1) is 17.8.